The van der Waals surface area contributed by atoms with Crippen LogP contribution in [-0.4, -0.2) is 0 Å². The van der Waals surface area contributed by atoms with Crippen molar-refractivity contribution in [2.45, 2.75) is 34.5 Å². The van der Waals surface area contributed by atoms with Gasteiger partial charge < -0.3 is 0 Å². The highest BCUT2D eigenvalue weighted by atomic mass is 32.2. The molecular formula is C48H34S. The van der Waals surface area contributed by atoms with Gasteiger partial charge in [-0.2, -0.15) is 0 Å². The maximum Gasteiger partial charge on any atom is 0.0735 e. The van der Waals surface area contributed by atoms with Crippen molar-refractivity contribution in [1.29, 1.82) is 0 Å². The molecule has 232 valence electrons. The summed E-state index contributed by atoms with van der Waals surface area (Å²) in [5.41, 5.74) is 12.8. The Morgan fingerprint density at radius 2 is 0.939 bits per heavy atom. The fourth-order valence-corrected chi connectivity index (χ4v) is 10.2. The molecule has 10 rings (SSSR count). The summed E-state index contributed by atoms with van der Waals surface area (Å²) >= 11 is 1.91. The predicted molar refractivity (Wildman–Crippen MR) is 207 cm³/mol. The standard InChI is InChI=1S/C48H34S/c1-47(2)41-19-11-10-18-39(41)40-27-22-34(30-42(40)47)31-20-25-36(26-21-31)48(35-14-4-3-5-15-35)45-37-16-8-6-12-32(37)23-28-43(45)49-44-29-24-33-13-7-9-17-38(33)46(44)48/h3-30H,1-2H3. The van der Waals surface area contributed by atoms with Crippen LogP contribution in [-0.2, 0) is 10.8 Å². The molecule has 0 spiro atoms. The van der Waals surface area contributed by atoms with Gasteiger partial charge in [0.25, 0.3) is 0 Å². The summed E-state index contributed by atoms with van der Waals surface area (Å²) in [5.74, 6) is 0. The molecule has 8 aromatic rings. The molecule has 0 fully saturated rings. The van der Waals surface area contributed by atoms with Crippen LogP contribution in [0, 0.1) is 0 Å². The topological polar surface area (TPSA) is 0 Å². The fourth-order valence-electron chi connectivity index (χ4n) is 8.92. The quantitative estimate of drug-likeness (QED) is 0.185. The number of fused-ring (bicyclic) bond motifs is 9. The van der Waals surface area contributed by atoms with Crippen molar-refractivity contribution in [1.82, 2.24) is 0 Å². The fraction of sp³-hybridized carbons (Fsp3) is 0.0833. The smallest absolute Gasteiger partial charge is 0.0735 e. The Morgan fingerprint density at radius 1 is 0.408 bits per heavy atom. The molecule has 0 nitrogen and oxygen atoms in total. The summed E-state index contributed by atoms with van der Waals surface area (Å²) in [6.07, 6.45) is 0. The Balaban J connectivity index is 1.25. The van der Waals surface area contributed by atoms with Gasteiger partial charge in [-0.25, -0.2) is 0 Å². The molecule has 0 unspecified atom stereocenters. The first-order chi connectivity index (χ1) is 24.0. The first-order valence-corrected chi connectivity index (χ1v) is 18.0. The summed E-state index contributed by atoms with van der Waals surface area (Å²) in [7, 11) is 0. The van der Waals surface area contributed by atoms with Gasteiger partial charge in [0.2, 0.25) is 0 Å². The van der Waals surface area contributed by atoms with E-state index in [9.17, 15) is 0 Å². The van der Waals surface area contributed by atoms with Crippen molar-refractivity contribution in [2.24, 2.45) is 0 Å². The van der Waals surface area contributed by atoms with Gasteiger partial charge in [0.15, 0.2) is 0 Å². The summed E-state index contributed by atoms with van der Waals surface area (Å²) in [4.78, 5) is 2.63. The van der Waals surface area contributed by atoms with Gasteiger partial charge in [-0.1, -0.05) is 177 Å². The lowest BCUT2D eigenvalue weighted by Gasteiger charge is -2.43. The summed E-state index contributed by atoms with van der Waals surface area (Å²) < 4.78 is 0. The molecule has 49 heavy (non-hydrogen) atoms. The van der Waals surface area contributed by atoms with Crippen molar-refractivity contribution >= 4 is 33.3 Å². The van der Waals surface area contributed by atoms with Crippen LogP contribution < -0.4 is 0 Å². The molecule has 1 heterocycles. The normalized spacial score (nSPS) is 15.0. The van der Waals surface area contributed by atoms with Gasteiger partial charge >= 0.3 is 0 Å². The number of benzene rings is 8. The minimum absolute atomic E-state index is 0.0332. The molecule has 1 heteroatoms. The Morgan fingerprint density at radius 3 is 1.61 bits per heavy atom. The second-order valence-corrected chi connectivity index (χ2v) is 15.1. The third-order valence-electron chi connectivity index (χ3n) is 11.2. The largest absolute Gasteiger partial charge is 0.0894 e. The molecule has 0 saturated heterocycles. The second-order valence-electron chi connectivity index (χ2n) is 14.0. The monoisotopic (exact) mass is 642 g/mol. The van der Waals surface area contributed by atoms with Gasteiger partial charge in [0.1, 0.15) is 0 Å². The molecule has 0 saturated carbocycles. The summed E-state index contributed by atoms with van der Waals surface area (Å²) in [6, 6.07) is 63.8. The van der Waals surface area contributed by atoms with Crippen LogP contribution in [0.1, 0.15) is 47.2 Å². The zero-order chi connectivity index (χ0) is 32.7. The molecule has 0 aromatic heterocycles. The molecule has 0 amide bonds. The van der Waals surface area contributed by atoms with Gasteiger partial charge in [0.05, 0.1) is 5.41 Å². The van der Waals surface area contributed by atoms with E-state index in [1.807, 2.05) is 11.8 Å². The minimum Gasteiger partial charge on any atom is -0.0894 e. The van der Waals surface area contributed by atoms with E-state index in [1.54, 1.807) is 0 Å². The Labute approximate surface area is 292 Å². The lowest BCUT2D eigenvalue weighted by atomic mass is 9.62. The average Bonchev–Trinajstić information content (AvgIpc) is 3.39. The molecule has 1 aliphatic heterocycles. The lowest BCUT2D eigenvalue weighted by molar-refractivity contribution is 0.660. The maximum atomic E-state index is 2.43. The summed E-state index contributed by atoms with van der Waals surface area (Å²) in [5, 5.41) is 5.15. The molecule has 0 bridgehead atoms. The van der Waals surface area contributed by atoms with Crippen LogP contribution in [0.4, 0.5) is 0 Å². The molecule has 0 N–H and O–H groups in total. The number of hydrogen-bond acceptors (Lipinski definition) is 1. The van der Waals surface area contributed by atoms with Crippen LogP contribution in [0.25, 0.3) is 43.8 Å². The van der Waals surface area contributed by atoms with Crippen molar-refractivity contribution in [3.8, 4) is 22.3 Å². The third kappa shape index (κ3) is 4.00. The van der Waals surface area contributed by atoms with Crippen LogP contribution in [0.5, 0.6) is 0 Å². The first kappa shape index (κ1) is 28.6. The Kier molecular flexibility index (Phi) is 6.17. The predicted octanol–water partition coefficient (Wildman–Crippen LogP) is 12.8. The number of rotatable bonds is 3. The van der Waals surface area contributed by atoms with E-state index in [-0.39, 0.29) is 5.41 Å². The van der Waals surface area contributed by atoms with Crippen molar-refractivity contribution in [3.63, 3.8) is 0 Å². The summed E-state index contributed by atoms with van der Waals surface area (Å²) in [6.45, 7) is 4.72. The number of hydrogen-bond donors (Lipinski definition) is 0. The van der Waals surface area contributed by atoms with Gasteiger partial charge in [-0.05, 0) is 95.4 Å². The molecule has 8 aromatic carbocycles. The van der Waals surface area contributed by atoms with Crippen molar-refractivity contribution in [2.75, 3.05) is 0 Å². The first-order valence-electron chi connectivity index (χ1n) is 17.2. The van der Waals surface area contributed by atoms with Crippen LogP contribution in [0.15, 0.2) is 180 Å². The SMILES string of the molecule is CC1(C)c2ccccc2-c2ccc(-c3ccc(C4(c5ccccc5)c5c(ccc6ccccc56)Sc5ccc6ccccc6c54)cc3)cc21. The van der Waals surface area contributed by atoms with Crippen LogP contribution >= 0.6 is 11.8 Å². The second kappa shape index (κ2) is 10.6. The molecule has 0 radical (unpaired) electrons. The van der Waals surface area contributed by atoms with Crippen molar-refractivity contribution < 1.29 is 0 Å². The zero-order valence-electron chi connectivity index (χ0n) is 27.6. The molecule has 2 aliphatic rings. The molecular weight excluding hydrogens is 609 g/mol. The van der Waals surface area contributed by atoms with Gasteiger partial charge in [0, 0.05) is 15.2 Å². The van der Waals surface area contributed by atoms with Crippen LogP contribution in [0.3, 0.4) is 0 Å². The highest BCUT2D eigenvalue weighted by molar-refractivity contribution is 7.99. The van der Waals surface area contributed by atoms with E-state index in [2.05, 4.69) is 184 Å². The highest BCUT2D eigenvalue weighted by Gasteiger charge is 2.46. The minimum atomic E-state index is -0.529. The lowest BCUT2D eigenvalue weighted by Crippen LogP contribution is -2.34. The van der Waals surface area contributed by atoms with E-state index in [0.29, 0.717) is 0 Å². The van der Waals surface area contributed by atoms with Gasteiger partial charge in [-0.15, -0.1) is 0 Å². The highest BCUT2D eigenvalue weighted by Crippen LogP contribution is 2.59. The Bertz CT molecular complexity index is 2510. The molecule has 1 aliphatic carbocycles. The molecule has 0 atom stereocenters. The van der Waals surface area contributed by atoms with E-state index in [4.69, 9.17) is 0 Å². The Hall–Kier alpha value is -5.37. The van der Waals surface area contributed by atoms with E-state index >= 15 is 0 Å². The van der Waals surface area contributed by atoms with E-state index in [1.165, 1.54) is 87.0 Å². The van der Waals surface area contributed by atoms with Gasteiger partial charge in [-0.3, -0.25) is 0 Å². The van der Waals surface area contributed by atoms with E-state index in [0.717, 1.165) is 0 Å². The maximum absolute atomic E-state index is 2.43. The van der Waals surface area contributed by atoms with Crippen molar-refractivity contribution in [3.05, 3.63) is 203 Å². The average molecular weight is 643 g/mol. The zero-order valence-corrected chi connectivity index (χ0v) is 28.4. The van der Waals surface area contributed by atoms with Crippen LogP contribution in [0.2, 0.25) is 0 Å². The van der Waals surface area contributed by atoms with E-state index < -0.39 is 5.41 Å². The third-order valence-corrected chi connectivity index (χ3v) is 12.3.